The molecule has 34 heavy (non-hydrogen) atoms. The monoisotopic (exact) mass is 474 g/mol. The van der Waals surface area contributed by atoms with Gasteiger partial charge in [-0.1, -0.05) is 12.1 Å². The van der Waals surface area contributed by atoms with Gasteiger partial charge in [-0.3, -0.25) is 9.59 Å². The third-order valence-electron chi connectivity index (χ3n) is 6.02. The van der Waals surface area contributed by atoms with Crippen LogP contribution in [0, 0.1) is 0 Å². The van der Waals surface area contributed by atoms with E-state index in [0.29, 0.717) is 22.6 Å². The van der Waals surface area contributed by atoms with E-state index in [1.807, 2.05) is 53.4 Å². The number of ether oxygens (including phenoxy) is 1. The van der Waals surface area contributed by atoms with Gasteiger partial charge in [-0.05, 0) is 79.8 Å². The number of carbonyl (C=O) groups excluding carboxylic acids is 2. The number of hydrogen-bond donors (Lipinski definition) is 3. The molecule has 0 saturated carbocycles. The Morgan fingerprint density at radius 2 is 1.76 bits per heavy atom. The average molecular weight is 475 g/mol. The number of amides is 2. The summed E-state index contributed by atoms with van der Waals surface area (Å²) in [7, 11) is 1.86. The highest BCUT2D eigenvalue weighted by atomic mass is 32.1. The zero-order valence-corrected chi connectivity index (χ0v) is 19.7. The van der Waals surface area contributed by atoms with E-state index in [0.717, 1.165) is 41.9 Å². The van der Waals surface area contributed by atoms with E-state index in [4.69, 9.17) is 4.74 Å². The van der Waals surface area contributed by atoms with Gasteiger partial charge in [0.2, 0.25) is 0 Å². The first-order valence-corrected chi connectivity index (χ1v) is 12.2. The number of thiophene rings is 1. The molecule has 4 aromatic rings. The summed E-state index contributed by atoms with van der Waals surface area (Å²) in [6.07, 6.45) is 2.20. The SMILES string of the molecule is Cn1c(C(=O)Nc2ccccc2C(=O)Nc2ccc(OC3CCNCC3)cc2)cc2sccc21. The minimum Gasteiger partial charge on any atom is -0.490 e. The lowest BCUT2D eigenvalue weighted by atomic mass is 10.1. The molecule has 8 heteroatoms. The highest BCUT2D eigenvalue weighted by Gasteiger charge is 2.18. The van der Waals surface area contributed by atoms with Crippen molar-refractivity contribution in [1.82, 2.24) is 9.88 Å². The minimum absolute atomic E-state index is 0.220. The normalized spacial score (nSPS) is 14.1. The number of para-hydroxylation sites is 1. The molecule has 3 heterocycles. The molecule has 1 aliphatic rings. The van der Waals surface area contributed by atoms with Crippen LogP contribution in [0.3, 0.4) is 0 Å². The molecule has 1 aliphatic heterocycles. The molecule has 2 aromatic heterocycles. The molecule has 0 radical (unpaired) electrons. The summed E-state index contributed by atoms with van der Waals surface area (Å²) in [4.78, 5) is 26.0. The first-order valence-electron chi connectivity index (χ1n) is 11.3. The van der Waals surface area contributed by atoms with Crippen LogP contribution in [-0.4, -0.2) is 35.6 Å². The van der Waals surface area contributed by atoms with Gasteiger partial charge in [0.05, 0.1) is 21.5 Å². The molecular formula is C26H26N4O3S. The number of hydrogen-bond acceptors (Lipinski definition) is 5. The number of benzene rings is 2. The fraction of sp³-hybridized carbons (Fsp3) is 0.231. The Morgan fingerprint density at radius 3 is 2.53 bits per heavy atom. The lowest BCUT2D eigenvalue weighted by molar-refractivity contribution is 0.101. The number of rotatable bonds is 6. The van der Waals surface area contributed by atoms with Crippen LogP contribution in [0.25, 0.3) is 10.2 Å². The summed E-state index contributed by atoms with van der Waals surface area (Å²) < 4.78 is 8.93. The van der Waals surface area contributed by atoms with E-state index in [2.05, 4.69) is 16.0 Å². The Morgan fingerprint density at radius 1 is 1.00 bits per heavy atom. The fourth-order valence-corrected chi connectivity index (χ4v) is 5.01. The molecule has 5 rings (SSSR count). The Bertz CT molecular complexity index is 1320. The largest absolute Gasteiger partial charge is 0.490 e. The zero-order valence-electron chi connectivity index (χ0n) is 18.8. The van der Waals surface area contributed by atoms with Gasteiger partial charge in [-0.2, -0.15) is 0 Å². The lowest BCUT2D eigenvalue weighted by Crippen LogP contribution is -2.34. The van der Waals surface area contributed by atoms with Gasteiger partial charge in [-0.15, -0.1) is 11.3 Å². The van der Waals surface area contributed by atoms with Crippen LogP contribution in [0.5, 0.6) is 5.75 Å². The first kappa shape index (κ1) is 22.2. The van der Waals surface area contributed by atoms with Gasteiger partial charge in [0.1, 0.15) is 17.5 Å². The average Bonchev–Trinajstić information content (AvgIpc) is 3.44. The molecule has 1 fully saturated rings. The molecule has 0 spiro atoms. The number of nitrogens with one attached hydrogen (secondary N) is 3. The summed E-state index contributed by atoms with van der Waals surface area (Å²) in [5.41, 5.74) is 3.06. The zero-order chi connectivity index (χ0) is 23.5. The van der Waals surface area contributed by atoms with E-state index in [9.17, 15) is 9.59 Å². The lowest BCUT2D eigenvalue weighted by Gasteiger charge is -2.23. The first-order chi connectivity index (χ1) is 16.6. The smallest absolute Gasteiger partial charge is 0.272 e. The summed E-state index contributed by atoms with van der Waals surface area (Å²) >= 11 is 1.59. The van der Waals surface area contributed by atoms with Crippen molar-refractivity contribution >= 4 is 44.7 Å². The topological polar surface area (TPSA) is 84.4 Å². The molecule has 2 aromatic carbocycles. The van der Waals surface area contributed by atoms with E-state index in [1.165, 1.54) is 0 Å². The predicted molar refractivity (Wildman–Crippen MR) is 136 cm³/mol. The Hall–Kier alpha value is -3.62. The van der Waals surface area contributed by atoms with Gasteiger partial charge in [0, 0.05) is 12.7 Å². The molecule has 0 atom stereocenters. The van der Waals surface area contributed by atoms with E-state index < -0.39 is 0 Å². The Kier molecular flexibility index (Phi) is 6.33. The second kappa shape index (κ2) is 9.70. The summed E-state index contributed by atoms with van der Waals surface area (Å²) in [6, 6.07) is 18.2. The Labute approximate surface area is 201 Å². The minimum atomic E-state index is -0.296. The van der Waals surface area contributed by atoms with Crippen LogP contribution in [0.15, 0.2) is 66.0 Å². The van der Waals surface area contributed by atoms with Crippen LogP contribution in [0.1, 0.15) is 33.7 Å². The van der Waals surface area contributed by atoms with Gasteiger partial charge >= 0.3 is 0 Å². The molecule has 7 nitrogen and oxygen atoms in total. The highest BCUT2D eigenvalue weighted by molar-refractivity contribution is 7.17. The molecule has 174 valence electrons. The van der Waals surface area contributed by atoms with Crippen molar-refractivity contribution in [2.45, 2.75) is 18.9 Å². The van der Waals surface area contributed by atoms with Gasteiger partial charge in [0.25, 0.3) is 11.8 Å². The summed E-state index contributed by atoms with van der Waals surface area (Å²) in [6.45, 7) is 1.94. The van der Waals surface area contributed by atoms with Crippen molar-refractivity contribution < 1.29 is 14.3 Å². The number of nitrogens with zero attached hydrogens (tertiary/aromatic N) is 1. The maximum absolute atomic E-state index is 13.0. The van der Waals surface area contributed by atoms with E-state index >= 15 is 0 Å². The molecule has 1 saturated heterocycles. The van der Waals surface area contributed by atoms with E-state index in [-0.39, 0.29) is 17.9 Å². The molecule has 3 N–H and O–H groups in total. The molecule has 0 bridgehead atoms. The number of fused-ring (bicyclic) bond motifs is 1. The predicted octanol–water partition coefficient (Wildman–Crippen LogP) is 4.88. The number of piperidine rings is 1. The van der Waals surface area contributed by atoms with Crippen molar-refractivity contribution in [2.24, 2.45) is 7.05 Å². The Balaban J connectivity index is 1.27. The molecular weight excluding hydrogens is 448 g/mol. The second-order valence-corrected chi connectivity index (χ2v) is 9.25. The summed E-state index contributed by atoms with van der Waals surface area (Å²) in [5, 5.41) is 11.1. The quantitative estimate of drug-likeness (QED) is 0.372. The maximum atomic E-state index is 13.0. The summed E-state index contributed by atoms with van der Waals surface area (Å²) in [5.74, 6) is 0.237. The fourth-order valence-electron chi connectivity index (χ4n) is 4.17. The van der Waals surface area contributed by atoms with Crippen LogP contribution >= 0.6 is 11.3 Å². The number of aromatic nitrogens is 1. The number of anilines is 2. The van der Waals surface area contributed by atoms with Crippen LogP contribution in [-0.2, 0) is 7.05 Å². The second-order valence-electron chi connectivity index (χ2n) is 8.30. The molecule has 0 unspecified atom stereocenters. The van der Waals surface area contributed by atoms with Crippen molar-refractivity contribution in [3.63, 3.8) is 0 Å². The van der Waals surface area contributed by atoms with Crippen molar-refractivity contribution in [3.8, 4) is 5.75 Å². The van der Waals surface area contributed by atoms with E-state index in [1.54, 1.807) is 35.6 Å². The van der Waals surface area contributed by atoms with Crippen LogP contribution < -0.4 is 20.7 Å². The third-order valence-corrected chi connectivity index (χ3v) is 6.87. The van der Waals surface area contributed by atoms with Gasteiger partial charge < -0.3 is 25.3 Å². The van der Waals surface area contributed by atoms with Crippen molar-refractivity contribution in [1.29, 1.82) is 0 Å². The molecule has 2 amide bonds. The highest BCUT2D eigenvalue weighted by Crippen LogP contribution is 2.26. The van der Waals surface area contributed by atoms with Crippen molar-refractivity contribution in [2.75, 3.05) is 23.7 Å². The standard InChI is InChI=1S/C26H26N4O3S/c1-30-22-12-15-34-24(22)16-23(30)26(32)29-21-5-3-2-4-20(21)25(31)28-17-6-8-18(9-7-17)33-19-10-13-27-14-11-19/h2-9,12,15-16,19,27H,10-11,13-14H2,1H3,(H,28,31)(H,29,32). The van der Waals surface area contributed by atoms with Crippen molar-refractivity contribution in [3.05, 3.63) is 77.3 Å². The van der Waals surface area contributed by atoms with Crippen LogP contribution in [0.4, 0.5) is 11.4 Å². The van der Waals surface area contributed by atoms with Crippen LogP contribution in [0.2, 0.25) is 0 Å². The third kappa shape index (κ3) is 4.69. The van der Waals surface area contributed by atoms with Gasteiger partial charge in [0.15, 0.2) is 0 Å². The maximum Gasteiger partial charge on any atom is 0.272 e. The van der Waals surface area contributed by atoms with Gasteiger partial charge in [-0.25, -0.2) is 0 Å². The molecule has 0 aliphatic carbocycles. The number of carbonyl (C=O) groups is 2. The number of aryl methyl sites for hydroxylation is 1.